The molecule has 2 unspecified atom stereocenters. The lowest BCUT2D eigenvalue weighted by atomic mass is 9.59. The van der Waals surface area contributed by atoms with Crippen LogP contribution in [0, 0.1) is 12.8 Å². The van der Waals surface area contributed by atoms with Gasteiger partial charge in [0.15, 0.2) is 0 Å². The zero-order valence-corrected chi connectivity index (χ0v) is 23.7. The largest absolute Gasteiger partial charge is 0.358 e. The Morgan fingerprint density at radius 1 is 0.825 bits per heavy atom. The lowest BCUT2D eigenvalue weighted by Gasteiger charge is -2.45. The van der Waals surface area contributed by atoms with Gasteiger partial charge in [-0.3, -0.25) is 4.18 Å². The second kappa shape index (κ2) is 11.1. The van der Waals surface area contributed by atoms with Crippen molar-refractivity contribution in [1.29, 1.82) is 0 Å². The quantitative estimate of drug-likeness (QED) is 0.193. The Kier molecular flexibility index (Phi) is 7.35. The Labute approximate surface area is 237 Å². The predicted molar refractivity (Wildman–Crippen MR) is 161 cm³/mol. The molecule has 0 amide bonds. The van der Waals surface area contributed by atoms with Crippen LogP contribution in [-0.2, 0) is 39.0 Å². The van der Waals surface area contributed by atoms with Crippen LogP contribution in [0.3, 0.4) is 0 Å². The standard InChI is InChI=1S/C35H35NO3S/c1-26-16-19-30(20-17-26)40(37,38)39-23-22-35(25-28-12-6-3-7-13-28)29(24-27-10-4-2-5-11-27)18-21-32-31-14-8-9-15-33(31)36-34(32)35/h2-17,19-20,29,36H,18,21-25H2,1H3. The number of hydrogen-bond donors (Lipinski definition) is 1. The molecular formula is C35H35NO3S. The van der Waals surface area contributed by atoms with E-state index >= 15 is 0 Å². The molecular weight excluding hydrogens is 514 g/mol. The van der Waals surface area contributed by atoms with E-state index in [-0.39, 0.29) is 16.9 Å². The van der Waals surface area contributed by atoms with Crippen molar-refractivity contribution in [2.75, 3.05) is 6.61 Å². The van der Waals surface area contributed by atoms with Gasteiger partial charge in [-0.05, 0) is 79.8 Å². The molecule has 4 nitrogen and oxygen atoms in total. The van der Waals surface area contributed by atoms with E-state index in [1.54, 1.807) is 24.3 Å². The summed E-state index contributed by atoms with van der Waals surface area (Å²) in [6.45, 7) is 2.06. The molecule has 1 aromatic heterocycles. The van der Waals surface area contributed by atoms with Crippen molar-refractivity contribution in [3.63, 3.8) is 0 Å². The van der Waals surface area contributed by atoms with Gasteiger partial charge in [0.25, 0.3) is 10.1 Å². The van der Waals surface area contributed by atoms with E-state index in [1.807, 2.05) is 13.0 Å². The number of benzene rings is 4. The minimum atomic E-state index is -3.87. The number of nitrogens with one attached hydrogen (secondary N) is 1. The lowest BCUT2D eigenvalue weighted by molar-refractivity contribution is 0.170. The molecule has 5 aromatic rings. The fraction of sp³-hybridized carbons (Fsp3) is 0.257. The molecule has 0 radical (unpaired) electrons. The highest BCUT2D eigenvalue weighted by atomic mass is 32.2. The lowest BCUT2D eigenvalue weighted by Crippen LogP contribution is -2.44. The van der Waals surface area contributed by atoms with Crippen molar-refractivity contribution >= 4 is 21.0 Å². The van der Waals surface area contributed by atoms with Crippen LogP contribution in [0.4, 0.5) is 0 Å². The first-order valence-electron chi connectivity index (χ1n) is 14.1. The maximum Gasteiger partial charge on any atom is 0.296 e. The van der Waals surface area contributed by atoms with Gasteiger partial charge in [-0.25, -0.2) is 0 Å². The minimum absolute atomic E-state index is 0.114. The molecule has 0 saturated heterocycles. The second-order valence-electron chi connectivity index (χ2n) is 11.1. The summed E-state index contributed by atoms with van der Waals surface area (Å²) in [5, 5.41) is 1.27. The van der Waals surface area contributed by atoms with Gasteiger partial charge in [0.1, 0.15) is 0 Å². The van der Waals surface area contributed by atoms with Crippen LogP contribution < -0.4 is 0 Å². The molecule has 5 heteroatoms. The third kappa shape index (κ3) is 5.24. The van der Waals surface area contributed by atoms with Gasteiger partial charge >= 0.3 is 0 Å². The van der Waals surface area contributed by atoms with Crippen LogP contribution in [0.15, 0.2) is 114 Å². The van der Waals surface area contributed by atoms with Crippen LogP contribution in [0.1, 0.15) is 40.8 Å². The zero-order chi connectivity index (χ0) is 27.6. The van der Waals surface area contributed by atoms with E-state index in [2.05, 4.69) is 83.8 Å². The van der Waals surface area contributed by atoms with Gasteiger partial charge < -0.3 is 4.98 Å². The van der Waals surface area contributed by atoms with Crippen LogP contribution in [-0.4, -0.2) is 20.0 Å². The fourth-order valence-corrected chi connectivity index (χ4v) is 7.50. The number of aromatic nitrogens is 1. The number of hydrogen-bond acceptors (Lipinski definition) is 3. The van der Waals surface area contributed by atoms with Crippen LogP contribution in [0.5, 0.6) is 0 Å². The van der Waals surface area contributed by atoms with E-state index in [0.717, 1.165) is 36.8 Å². The number of para-hydroxylation sites is 1. The number of aryl methyl sites for hydroxylation is 2. The van der Waals surface area contributed by atoms with E-state index in [1.165, 1.54) is 27.8 Å². The van der Waals surface area contributed by atoms with Crippen LogP contribution in [0.25, 0.3) is 10.9 Å². The summed E-state index contributed by atoms with van der Waals surface area (Å²) < 4.78 is 32.1. The molecule has 0 bridgehead atoms. The smallest absolute Gasteiger partial charge is 0.296 e. The van der Waals surface area contributed by atoms with Crippen molar-refractivity contribution in [3.05, 3.63) is 137 Å². The van der Waals surface area contributed by atoms with Gasteiger partial charge in [-0.1, -0.05) is 96.6 Å². The normalized spacial score (nSPS) is 19.0. The minimum Gasteiger partial charge on any atom is -0.358 e. The Hall–Kier alpha value is -3.67. The van der Waals surface area contributed by atoms with Crippen LogP contribution in [0.2, 0.25) is 0 Å². The molecule has 204 valence electrons. The van der Waals surface area contributed by atoms with E-state index < -0.39 is 10.1 Å². The van der Waals surface area contributed by atoms with Gasteiger partial charge in [0.05, 0.1) is 11.5 Å². The summed E-state index contributed by atoms with van der Waals surface area (Å²) in [4.78, 5) is 4.02. The third-order valence-electron chi connectivity index (χ3n) is 8.62. The topological polar surface area (TPSA) is 59.2 Å². The molecule has 0 saturated carbocycles. The van der Waals surface area contributed by atoms with Gasteiger partial charge in [0.2, 0.25) is 0 Å². The Balaban J connectivity index is 1.42. The number of H-pyrrole nitrogens is 1. The number of fused-ring (bicyclic) bond motifs is 3. The summed E-state index contributed by atoms with van der Waals surface area (Å²) in [6.07, 6.45) is 4.34. The van der Waals surface area contributed by atoms with Gasteiger partial charge in [-0.15, -0.1) is 0 Å². The summed E-state index contributed by atoms with van der Waals surface area (Å²) in [5.41, 5.74) is 6.97. The Bertz CT molecular complexity index is 1690. The number of rotatable bonds is 9. The molecule has 0 aliphatic heterocycles. The summed E-state index contributed by atoms with van der Waals surface area (Å²) in [6, 6.07) is 36.6. The SMILES string of the molecule is Cc1ccc(S(=O)(=O)OCCC2(Cc3ccccc3)c3[nH]c4ccccc4c3CCC2Cc2ccccc2)cc1. The van der Waals surface area contributed by atoms with Crippen molar-refractivity contribution in [2.45, 2.75) is 49.3 Å². The monoisotopic (exact) mass is 549 g/mol. The van der Waals surface area contributed by atoms with E-state index in [9.17, 15) is 8.42 Å². The van der Waals surface area contributed by atoms with E-state index in [0.29, 0.717) is 12.3 Å². The second-order valence-corrected chi connectivity index (χ2v) is 12.7. The molecule has 1 aliphatic carbocycles. The predicted octanol–water partition coefficient (Wildman–Crippen LogP) is 7.56. The molecule has 2 atom stereocenters. The van der Waals surface area contributed by atoms with Gasteiger partial charge in [-0.2, -0.15) is 8.42 Å². The third-order valence-corrected chi connectivity index (χ3v) is 9.95. The summed E-state index contributed by atoms with van der Waals surface area (Å²) in [7, 11) is -3.87. The van der Waals surface area contributed by atoms with Crippen molar-refractivity contribution in [2.24, 2.45) is 5.92 Å². The molecule has 0 spiro atoms. The number of aromatic amines is 1. The van der Waals surface area contributed by atoms with Crippen molar-refractivity contribution in [1.82, 2.24) is 4.98 Å². The molecule has 6 rings (SSSR count). The zero-order valence-electron chi connectivity index (χ0n) is 22.8. The first-order valence-corrected chi connectivity index (χ1v) is 15.5. The fourth-order valence-electron chi connectivity index (χ4n) is 6.60. The molecule has 1 N–H and O–H groups in total. The van der Waals surface area contributed by atoms with Crippen molar-refractivity contribution in [3.8, 4) is 0 Å². The average molecular weight is 550 g/mol. The average Bonchev–Trinajstić information content (AvgIpc) is 3.36. The maximum absolute atomic E-state index is 13.2. The first-order chi connectivity index (χ1) is 19.4. The molecule has 40 heavy (non-hydrogen) atoms. The van der Waals surface area contributed by atoms with E-state index in [4.69, 9.17) is 4.18 Å². The molecule has 1 aliphatic rings. The highest BCUT2D eigenvalue weighted by Gasteiger charge is 2.46. The highest BCUT2D eigenvalue weighted by molar-refractivity contribution is 7.86. The van der Waals surface area contributed by atoms with Crippen LogP contribution >= 0.6 is 0 Å². The Morgan fingerprint density at radius 2 is 1.48 bits per heavy atom. The highest BCUT2D eigenvalue weighted by Crippen LogP contribution is 2.49. The summed E-state index contributed by atoms with van der Waals surface area (Å²) in [5.74, 6) is 0.307. The Morgan fingerprint density at radius 3 is 2.20 bits per heavy atom. The summed E-state index contributed by atoms with van der Waals surface area (Å²) >= 11 is 0. The van der Waals surface area contributed by atoms with Gasteiger partial charge in [0, 0.05) is 22.0 Å². The van der Waals surface area contributed by atoms with Crippen molar-refractivity contribution < 1.29 is 12.6 Å². The molecule has 4 aromatic carbocycles. The first kappa shape index (κ1) is 26.5. The maximum atomic E-state index is 13.2. The molecule has 1 heterocycles. The molecule has 0 fully saturated rings.